The first kappa shape index (κ1) is 17.0. The van der Waals surface area contributed by atoms with Gasteiger partial charge in [0.25, 0.3) is 5.56 Å². The highest BCUT2D eigenvalue weighted by molar-refractivity contribution is 6.01. The van der Waals surface area contributed by atoms with Gasteiger partial charge in [0, 0.05) is 23.6 Å². The molecule has 0 saturated heterocycles. The second kappa shape index (κ2) is 6.93. The Hall–Kier alpha value is -2.89. The van der Waals surface area contributed by atoms with Gasteiger partial charge in [-0.3, -0.25) is 9.59 Å². The molecule has 0 unspecified atom stereocenters. The first-order valence-electron chi connectivity index (χ1n) is 8.14. The smallest absolute Gasteiger partial charge is 0.343 e. The first-order valence-corrected chi connectivity index (χ1v) is 8.14. The molecule has 0 spiro atoms. The number of ketones is 1. The van der Waals surface area contributed by atoms with Crippen molar-refractivity contribution in [1.82, 2.24) is 4.98 Å². The maximum atomic E-state index is 12.6. The summed E-state index contributed by atoms with van der Waals surface area (Å²) >= 11 is 0. The first-order chi connectivity index (χ1) is 12.0. The van der Waals surface area contributed by atoms with Gasteiger partial charge in [-0.05, 0) is 31.0 Å². The minimum Gasteiger partial charge on any atom is -0.496 e. The summed E-state index contributed by atoms with van der Waals surface area (Å²) in [6.07, 6.45) is 0.793. The molecule has 1 aliphatic rings. The Kier molecular flexibility index (Phi) is 4.70. The number of rotatable bonds is 4. The molecule has 0 saturated carbocycles. The Bertz CT molecular complexity index is 884. The standard InChI is InChI=1S/C19H19NO5/c1-3-25-19(23)14-10-13-15(20-18(14)22)8-11(9-16(13)21)12-6-4-5-7-17(12)24-2/h4-7,10-11H,3,8-9H2,1-2H3,(H,20,22)/t11-/m1/s1. The largest absolute Gasteiger partial charge is 0.496 e. The van der Waals surface area contributed by atoms with Gasteiger partial charge in [-0.25, -0.2) is 4.79 Å². The Morgan fingerprint density at radius 1 is 1.24 bits per heavy atom. The van der Waals surface area contributed by atoms with Crippen LogP contribution in [-0.4, -0.2) is 30.5 Å². The van der Waals surface area contributed by atoms with Crippen molar-refractivity contribution >= 4 is 11.8 Å². The number of aromatic amines is 1. The lowest BCUT2D eigenvalue weighted by atomic mass is 9.81. The molecule has 6 heteroatoms. The van der Waals surface area contributed by atoms with E-state index in [0.717, 1.165) is 5.56 Å². The van der Waals surface area contributed by atoms with Crippen LogP contribution in [0.3, 0.4) is 0 Å². The van der Waals surface area contributed by atoms with Crippen LogP contribution in [-0.2, 0) is 11.2 Å². The second-order valence-electron chi connectivity index (χ2n) is 5.90. The third-order valence-electron chi connectivity index (χ3n) is 4.38. The van der Waals surface area contributed by atoms with E-state index in [2.05, 4.69) is 4.98 Å². The van der Waals surface area contributed by atoms with Gasteiger partial charge in [0.05, 0.1) is 13.7 Å². The lowest BCUT2D eigenvalue weighted by Crippen LogP contribution is -2.28. The van der Waals surface area contributed by atoms with E-state index >= 15 is 0 Å². The van der Waals surface area contributed by atoms with Crippen LogP contribution < -0.4 is 10.3 Å². The highest BCUT2D eigenvalue weighted by Gasteiger charge is 2.30. The number of para-hydroxylation sites is 1. The Morgan fingerprint density at radius 2 is 2.00 bits per heavy atom. The molecular formula is C19H19NO5. The number of methoxy groups -OCH3 is 1. The van der Waals surface area contributed by atoms with E-state index in [0.29, 0.717) is 29.8 Å². The minimum absolute atomic E-state index is 0.0831. The van der Waals surface area contributed by atoms with Gasteiger partial charge in [0.15, 0.2) is 5.78 Å². The van der Waals surface area contributed by atoms with Crippen molar-refractivity contribution in [3.05, 3.63) is 63.1 Å². The van der Waals surface area contributed by atoms with E-state index in [-0.39, 0.29) is 23.9 Å². The van der Waals surface area contributed by atoms with Crippen LogP contribution in [0.25, 0.3) is 0 Å². The van der Waals surface area contributed by atoms with Crippen molar-refractivity contribution in [2.24, 2.45) is 0 Å². The van der Waals surface area contributed by atoms with Crippen molar-refractivity contribution in [1.29, 1.82) is 0 Å². The number of ether oxygens (including phenoxy) is 2. The number of hydrogen-bond acceptors (Lipinski definition) is 5. The summed E-state index contributed by atoms with van der Waals surface area (Å²) in [5.41, 5.74) is 1.19. The van der Waals surface area contributed by atoms with Gasteiger partial charge in [0.1, 0.15) is 11.3 Å². The number of pyridine rings is 1. The molecule has 1 heterocycles. The van der Waals surface area contributed by atoms with E-state index in [4.69, 9.17) is 9.47 Å². The van der Waals surface area contributed by atoms with Crippen LogP contribution in [0.2, 0.25) is 0 Å². The fraction of sp³-hybridized carbons (Fsp3) is 0.316. The van der Waals surface area contributed by atoms with Crippen LogP contribution in [0.15, 0.2) is 35.1 Å². The summed E-state index contributed by atoms with van der Waals surface area (Å²) in [6, 6.07) is 8.89. The van der Waals surface area contributed by atoms with Gasteiger partial charge in [-0.2, -0.15) is 0 Å². The average molecular weight is 341 g/mol. The number of Topliss-reactive ketones (excluding diaryl/α,β-unsaturated/α-hetero) is 1. The van der Waals surface area contributed by atoms with Gasteiger partial charge in [0.2, 0.25) is 0 Å². The number of H-pyrrole nitrogens is 1. The number of fused-ring (bicyclic) bond motifs is 1. The molecule has 0 fully saturated rings. The molecule has 0 bridgehead atoms. The monoisotopic (exact) mass is 341 g/mol. The number of carbonyl (C=O) groups is 2. The SMILES string of the molecule is CCOC(=O)c1cc2c([nH]c1=O)C[C@@H](c1ccccc1OC)CC2=O. The van der Waals surface area contributed by atoms with E-state index in [1.807, 2.05) is 24.3 Å². The van der Waals surface area contributed by atoms with Crippen molar-refractivity contribution in [2.75, 3.05) is 13.7 Å². The highest BCUT2D eigenvalue weighted by Crippen LogP contribution is 2.36. The zero-order chi connectivity index (χ0) is 18.0. The lowest BCUT2D eigenvalue weighted by Gasteiger charge is -2.25. The summed E-state index contributed by atoms with van der Waals surface area (Å²) in [5, 5.41) is 0. The Balaban J connectivity index is 1.99. The second-order valence-corrected chi connectivity index (χ2v) is 5.90. The molecule has 3 rings (SSSR count). The molecule has 1 aliphatic carbocycles. The van der Waals surface area contributed by atoms with E-state index < -0.39 is 11.5 Å². The maximum absolute atomic E-state index is 12.6. The number of aromatic nitrogens is 1. The fourth-order valence-corrected chi connectivity index (χ4v) is 3.21. The summed E-state index contributed by atoms with van der Waals surface area (Å²) in [4.78, 5) is 39.3. The summed E-state index contributed by atoms with van der Waals surface area (Å²) < 4.78 is 10.2. The highest BCUT2D eigenvalue weighted by atomic mass is 16.5. The number of carbonyl (C=O) groups excluding carboxylic acids is 2. The zero-order valence-corrected chi connectivity index (χ0v) is 14.1. The minimum atomic E-state index is -0.716. The molecule has 0 aliphatic heterocycles. The topological polar surface area (TPSA) is 85.5 Å². The van der Waals surface area contributed by atoms with Crippen LogP contribution >= 0.6 is 0 Å². The maximum Gasteiger partial charge on any atom is 0.343 e. The molecule has 1 atom stereocenters. The van der Waals surface area contributed by atoms with Gasteiger partial charge in [-0.15, -0.1) is 0 Å². The fourth-order valence-electron chi connectivity index (χ4n) is 3.21. The molecule has 130 valence electrons. The summed E-state index contributed by atoms with van der Waals surface area (Å²) in [5.74, 6) is -0.195. The molecule has 6 nitrogen and oxygen atoms in total. The molecule has 0 amide bonds. The molecule has 1 aromatic heterocycles. The number of hydrogen-bond donors (Lipinski definition) is 1. The Morgan fingerprint density at radius 3 is 2.72 bits per heavy atom. The number of nitrogens with one attached hydrogen (secondary N) is 1. The van der Waals surface area contributed by atoms with Crippen LogP contribution in [0, 0.1) is 0 Å². The normalized spacial score (nSPS) is 16.2. The molecular weight excluding hydrogens is 322 g/mol. The third kappa shape index (κ3) is 3.20. The molecule has 1 aromatic carbocycles. The molecule has 2 aromatic rings. The van der Waals surface area contributed by atoms with E-state index in [9.17, 15) is 14.4 Å². The summed E-state index contributed by atoms with van der Waals surface area (Å²) in [7, 11) is 1.59. The van der Waals surface area contributed by atoms with Gasteiger partial charge < -0.3 is 14.5 Å². The molecule has 25 heavy (non-hydrogen) atoms. The van der Waals surface area contributed by atoms with Crippen LogP contribution in [0.1, 0.15) is 51.2 Å². The van der Waals surface area contributed by atoms with Gasteiger partial charge in [-0.1, -0.05) is 18.2 Å². The zero-order valence-electron chi connectivity index (χ0n) is 14.1. The van der Waals surface area contributed by atoms with Crippen LogP contribution in [0.4, 0.5) is 0 Å². The van der Waals surface area contributed by atoms with Crippen molar-refractivity contribution in [3.8, 4) is 5.75 Å². The third-order valence-corrected chi connectivity index (χ3v) is 4.38. The van der Waals surface area contributed by atoms with Crippen molar-refractivity contribution in [3.63, 3.8) is 0 Å². The number of benzene rings is 1. The molecule has 0 radical (unpaired) electrons. The van der Waals surface area contributed by atoms with E-state index in [1.54, 1.807) is 14.0 Å². The predicted molar refractivity (Wildman–Crippen MR) is 91.4 cm³/mol. The predicted octanol–water partition coefficient (Wildman–Crippen LogP) is 2.47. The quantitative estimate of drug-likeness (QED) is 0.864. The van der Waals surface area contributed by atoms with Gasteiger partial charge >= 0.3 is 5.97 Å². The van der Waals surface area contributed by atoms with E-state index in [1.165, 1.54) is 6.07 Å². The lowest BCUT2D eigenvalue weighted by molar-refractivity contribution is 0.0524. The van der Waals surface area contributed by atoms with Crippen molar-refractivity contribution < 1.29 is 19.1 Å². The summed E-state index contributed by atoms with van der Waals surface area (Å²) in [6.45, 7) is 1.83. The van der Waals surface area contributed by atoms with Crippen LogP contribution in [0.5, 0.6) is 5.75 Å². The van der Waals surface area contributed by atoms with Crippen molar-refractivity contribution in [2.45, 2.75) is 25.7 Å². The molecule has 1 N–H and O–H groups in total. The average Bonchev–Trinajstić information content (AvgIpc) is 2.61. The number of esters is 1. The Labute approximate surface area is 144 Å².